The van der Waals surface area contributed by atoms with Crippen molar-refractivity contribution in [1.82, 2.24) is 20.1 Å². The number of amides is 2. The summed E-state index contributed by atoms with van der Waals surface area (Å²) in [6.07, 6.45) is 0.294. The fourth-order valence-corrected chi connectivity index (χ4v) is 5.21. The zero-order valence-corrected chi connectivity index (χ0v) is 23.2. The normalized spacial score (nSPS) is 15.1. The zero-order chi connectivity index (χ0) is 27.4. The first-order valence-electron chi connectivity index (χ1n) is 12.7. The monoisotopic (exact) mass is 535 g/mol. The molecule has 1 aliphatic rings. The molecule has 3 heterocycles. The second kappa shape index (κ2) is 11.4. The van der Waals surface area contributed by atoms with Gasteiger partial charge in [0.15, 0.2) is 0 Å². The second-order valence-electron chi connectivity index (χ2n) is 10.5. The molecule has 38 heavy (non-hydrogen) atoms. The predicted octanol–water partition coefficient (Wildman–Crippen LogP) is 4.80. The highest BCUT2D eigenvalue weighted by Crippen LogP contribution is 2.33. The number of aryl methyl sites for hydroxylation is 1. The fraction of sp³-hybridized carbons (Fsp3) is 0.429. The van der Waals surface area contributed by atoms with Crippen LogP contribution in [-0.4, -0.2) is 51.0 Å². The minimum Gasteiger partial charge on any atom is -0.447 e. The van der Waals surface area contributed by atoms with Crippen LogP contribution >= 0.6 is 11.3 Å². The number of ether oxygens (including phenoxy) is 1. The highest BCUT2D eigenvalue weighted by Gasteiger charge is 2.33. The van der Waals surface area contributed by atoms with E-state index in [0.717, 1.165) is 16.4 Å². The van der Waals surface area contributed by atoms with Crippen LogP contribution in [-0.2, 0) is 19.7 Å². The van der Waals surface area contributed by atoms with Crippen molar-refractivity contribution in [1.29, 1.82) is 0 Å². The molecule has 0 radical (unpaired) electrons. The average molecular weight is 536 g/mol. The topological polar surface area (TPSA) is 114 Å². The Balaban J connectivity index is 1.48. The van der Waals surface area contributed by atoms with E-state index in [1.54, 1.807) is 23.1 Å². The lowest BCUT2D eigenvalue weighted by atomic mass is 9.89. The van der Waals surface area contributed by atoms with Gasteiger partial charge in [0.1, 0.15) is 5.01 Å². The molecule has 0 saturated carbocycles. The minimum atomic E-state index is -0.978. The lowest BCUT2D eigenvalue weighted by Crippen LogP contribution is -2.42. The number of likely N-dealkylation sites (tertiary alicyclic amines) is 1. The van der Waals surface area contributed by atoms with Crippen LogP contribution < -0.4 is 5.32 Å². The minimum absolute atomic E-state index is 0.00292. The molecule has 0 bridgehead atoms. The summed E-state index contributed by atoms with van der Waals surface area (Å²) in [5.41, 5.74) is 2.52. The molecule has 9 nitrogen and oxygen atoms in total. The summed E-state index contributed by atoms with van der Waals surface area (Å²) in [5, 5.41) is 12.5. The number of pyridine rings is 1. The van der Waals surface area contributed by atoms with E-state index in [1.807, 2.05) is 52.0 Å². The van der Waals surface area contributed by atoms with Gasteiger partial charge in [-0.2, -0.15) is 0 Å². The summed E-state index contributed by atoms with van der Waals surface area (Å²) in [5.74, 6) is -1.03. The van der Waals surface area contributed by atoms with E-state index in [9.17, 15) is 14.4 Å². The molecule has 0 aliphatic carbocycles. The number of aromatic nitrogens is 3. The molecule has 1 N–H and O–H groups in total. The van der Waals surface area contributed by atoms with Crippen molar-refractivity contribution in [3.05, 3.63) is 70.0 Å². The van der Waals surface area contributed by atoms with E-state index >= 15 is 0 Å². The van der Waals surface area contributed by atoms with Crippen molar-refractivity contribution in [2.75, 3.05) is 18.4 Å². The lowest BCUT2D eigenvalue weighted by Gasteiger charge is -2.34. The Morgan fingerprint density at radius 1 is 1.05 bits per heavy atom. The average Bonchev–Trinajstić information content (AvgIpc) is 3.36. The number of nitrogens with zero attached hydrogens (tertiary/aromatic N) is 4. The van der Waals surface area contributed by atoms with Gasteiger partial charge in [-0.1, -0.05) is 62.4 Å². The van der Waals surface area contributed by atoms with Crippen LogP contribution in [0.25, 0.3) is 0 Å². The highest BCUT2D eigenvalue weighted by atomic mass is 32.1. The summed E-state index contributed by atoms with van der Waals surface area (Å²) in [4.78, 5) is 44.8. The van der Waals surface area contributed by atoms with E-state index in [1.165, 1.54) is 18.3 Å². The standard InChI is InChI=1S/C28H33N5O4S/c1-17-11-12-21(24(35)30-27-32-31-26(38-27)28(3,4)5)22(29-17)19-13-15-33(16-14-19)25(36)23(37-18(2)34)20-9-7-6-8-10-20/h6-12,19,23H,13-16H2,1-5H3,(H,30,32,35). The van der Waals surface area contributed by atoms with E-state index in [0.29, 0.717) is 42.2 Å². The molecule has 2 aromatic heterocycles. The summed E-state index contributed by atoms with van der Waals surface area (Å²) in [6, 6.07) is 12.6. The number of rotatable bonds is 6. The van der Waals surface area contributed by atoms with Crippen LogP contribution in [0.5, 0.6) is 0 Å². The van der Waals surface area contributed by atoms with Crippen molar-refractivity contribution in [2.45, 2.75) is 64.9 Å². The molecule has 1 aromatic carbocycles. The number of benzene rings is 1. The second-order valence-corrected chi connectivity index (χ2v) is 11.5. The van der Waals surface area contributed by atoms with Gasteiger partial charge >= 0.3 is 5.97 Å². The quantitative estimate of drug-likeness (QED) is 0.451. The number of carbonyl (C=O) groups excluding carboxylic acids is 3. The molecule has 1 aliphatic heterocycles. The Morgan fingerprint density at radius 2 is 1.74 bits per heavy atom. The molecule has 1 atom stereocenters. The molecule has 0 spiro atoms. The largest absolute Gasteiger partial charge is 0.447 e. The summed E-state index contributed by atoms with van der Waals surface area (Å²) < 4.78 is 5.40. The Labute approximate surface area is 226 Å². The molecule has 1 saturated heterocycles. The van der Waals surface area contributed by atoms with Crippen molar-refractivity contribution in [3.8, 4) is 0 Å². The Bertz CT molecular complexity index is 1310. The van der Waals surface area contributed by atoms with Gasteiger partial charge in [-0.3, -0.25) is 24.7 Å². The number of carbonyl (C=O) groups is 3. The van der Waals surface area contributed by atoms with Gasteiger partial charge in [0.2, 0.25) is 11.2 Å². The number of anilines is 1. The van der Waals surface area contributed by atoms with Crippen LogP contribution in [0.1, 0.15) is 84.9 Å². The van der Waals surface area contributed by atoms with E-state index in [2.05, 4.69) is 15.5 Å². The number of esters is 1. The third-order valence-corrected chi connectivity index (χ3v) is 7.66. The Kier molecular flexibility index (Phi) is 8.20. The van der Waals surface area contributed by atoms with Gasteiger partial charge in [-0.25, -0.2) is 0 Å². The van der Waals surface area contributed by atoms with E-state index in [-0.39, 0.29) is 23.1 Å². The number of hydrogen-bond donors (Lipinski definition) is 1. The number of nitrogens with one attached hydrogen (secondary N) is 1. The van der Waals surface area contributed by atoms with Gasteiger partial charge in [0.05, 0.1) is 11.3 Å². The first kappa shape index (κ1) is 27.4. The van der Waals surface area contributed by atoms with Crippen LogP contribution in [0.15, 0.2) is 42.5 Å². The summed E-state index contributed by atoms with van der Waals surface area (Å²) in [6.45, 7) is 10.3. The summed E-state index contributed by atoms with van der Waals surface area (Å²) >= 11 is 1.36. The maximum atomic E-state index is 13.3. The molecule has 10 heteroatoms. The first-order valence-corrected chi connectivity index (χ1v) is 13.5. The van der Waals surface area contributed by atoms with Gasteiger partial charge < -0.3 is 9.64 Å². The molecule has 1 fully saturated rings. The van der Waals surface area contributed by atoms with Crippen molar-refractivity contribution in [2.24, 2.45) is 0 Å². The molecule has 1 unspecified atom stereocenters. The zero-order valence-electron chi connectivity index (χ0n) is 22.4. The SMILES string of the molecule is CC(=O)OC(C(=O)N1CCC(c2nc(C)ccc2C(=O)Nc2nnc(C(C)(C)C)s2)CC1)c1ccccc1. The van der Waals surface area contributed by atoms with Gasteiger partial charge in [-0.05, 0) is 31.9 Å². The molecule has 3 aromatic rings. The predicted molar refractivity (Wildman–Crippen MR) is 145 cm³/mol. The molecular weight excluding hydrogens is 502 g/mol. The fourth-order valence-electron chi connectivity index (χ4n) is 4.42. The van der Waals surface area contributed by atoms with Crippen molar-refractivity contribution in [3.63, 3.8) is 0 Å². The third-order valence-electron chi connectivity index (χ3n) is 6.40. The smallest absolute Gasteiger partial charge is 0.303 e. The number of hydrogen-bond acceptors (Lipinski definition) is 8. The van der Waals surface area contributed by atoms with Crippen LogP contribution in [0.2, 0.25) is 0 Å². The third kappa shape index (κ3) is 6.42. The first-order chi connectivity index (χ1) is 18.0. The van der Waals surface area contributed by atoms with Gasteiger partial charge in [0, 0.05) is 42.6 Å². The highest BCUT2D eigenvalue weighted by molar-refractivity contribution is 7.15. The molecular formula is C28H33N5O4S. The molecule has 200 valence electrons. The molecule has 4 rings (SSSR count). The van der Waals surface area contributed by atoms with Crippen LogP contribution in [0.4, 0.5) is 5.13 Å². The Morgan fingerprint density at radius 3 is 2.34 bits per heavy atom. The maximum Gasteiger partial charge on any atom is 0.303 e. The Hall–Kier alpha value is -3.66. The van der Waals surface area contributed by atoms with Crippen LogP contribution in [0, 0.1) is 6.92 Å². The summed E-state index contributed by atoms with van der Waals surface area (Å²) in [7, 11) is 0. The van der Waals surface area contributed by atoms with E-state index < -0.39 is 12.1 Å². The van der Waals surface area contributed by atoms with Gasteiger partial charge in [-0.15, -0.1) is 10.2 Å². The maximum absolute atomic E-state index is 13.3. The van der Waals surface area contributed by atoms with E-state index in [4.69, 9.17) is 9.72 Å². The van der Waals surface area contributed by atoms with Crippen molar-refractivity contribution >= 4 is 34.3 Å². The number of piperidine rings is 1. The van der Waals surface area contributed by atoms with Gasteiger partial charge in [0.25, 0.3) is 11.8 Å². The van der Waals surface area contributed by atoms with Crippen molar-refractivity contribution < 1.29 is 19.1 Å². The lowest BCUT2D eigenvalue weighted by molar-refractivity contribution is -0.159. The van der Waals surface area contributed by atoms with Crippen LogP contribution in [0.3, 0.4) is 0 Å². The molecule has 2 amide bonds.